The maximum absolute atomic E-state index is 11.2. The predicted molar refractivity (Wildman–Crippen MR) is 47.9 cm³/mol. The number of hydrogen-bond acceptors (Lipinski definition) is 2. The summed E-state index contributed by atoms with van der Waals surface area (Å²) >= 11 is 0. The lowest BCUT2D eigenvalue weighted by Crippen LogP contribution is -2.21. The molecule has 0 aromatic rings. The van der Waals surface area contributed by atoms with Crippen molar-refractivity contribution in [2.45, 2.75) is 51.6 Å². The highest BCUT2D eigenvalue weighted by Gasteiger charge is 2.19. The Labute approximate surface area is 74.0 Å². The lowest BCUT2D eigenvalue weighted by Gasteiger charge is -2.12. The molecule has 0 aliphatic heterocycles. The molecule has 0 spiro atoms. The van der Waals surface area contributed by atoms with Crippen LogP contribution in [0.3, 0.4) is 0 Å². The Bertz CT molecular complexity index is 154. The number of Topliss-reactive ketones (excluding diaryl/α,β-unsaturated/α-hetero) is 1. The van der Waals surface area contributed by atoms with E-state index in [0.29, 0.717) is 18.8 Å². The summed E-state index contributed by atoms with van der Waals surface area (Å²) in [7, 11) is 0. The molecule has 0 radical (unpaired) electrons. The monoisotopic (exact) mass is 170 g/mol. The highest BCUT2D eigenvalue weighted by Crippen LogP contribution is 2.19. The van der Waals surface area contributed by atoms with Gasteiger partial charge in [-0.3, -0.25) is 4.79 Å². The molecule has 1 rings (SSSR count). The molecule has 1 N–H and O–H groups in total. The Balaban J connectivity index is 2.46. The summed E-state index contributed by atoms with van der Waals surface area (Å²) in [4.78, 5) is 11.2. The molecule has 0 heterocycles. The smallest absolute Gasteiger partial charge is 0.161 e. The van der Waals surface area contributed by atoms with Gasteiger partial charge in [0.1, 0.15) is 6.10 Å². The van der Waals surface area contributed by atoms with Gasteiger partial charge in [0.15, 0.2) is 5.78 Å². The van der Waals surface area contributed by atoms with Gasteiger partial charge in [-0.05, 0) is 18.8 Å². The van der Waals surface area contributed by atoms with Gasteiger partial charge in [-0.15, -0.1) is 0 Å². The quantitative estimate of drug-likeness (QED) is 0.603. The lowest BCUT2D eigenvalue weighted by molar-refractivity contribution is -0.127. The van der Waals surface area contributed by atoms with Crippen LogP contribution in [0, 0.1) is 5.92 Å². The molecule has 1 aliphatic carbocycles. The SMILES string of the molecule is C[C@@H]1CCCCCC(=O)C(O)C1. The average molecular weight is 170 g/mol. The number of carbonyl (C=O) groups is 1. The van der Waals surface area contributed by atoms with Gasteiger partial charge < -0.3 is 5.11 Å². The van der Waals surface area contributed by atoms with E-state index in [0.717, 1.165) is 19.3 Å². The minimum absolute atomic E-state index is 0.0451. The normalized spacial score (nSPS) is 33.7. The Morgan fingerprint density at radius 3 is 2.83 bits per heavy atom. The second kappa shape index (κ2) is 4.61. The summed E-state index contributed by atoms with van der Waals surface area (Å²) in [5.74, 6) is 0.547. The van der Waals surface area contributed by atoms with Gasteiger partial charge in [0.25, 0.3) is 0 Å². The van der Waals surface area contributed by atoms with Gasteiger partial charge in [-0.2, -0.15) is 0 Å². The summed E-state index contributed by atoms with van der Waals surface area (Å²) in [5.41, 5.74) is 0. The van der Waals surface area contributed by atoms with Crippen molar-refractivity contribution in [3.63, 3.8) is 0 Å². The number of ketones is 1. The predicted octanol–water partition coefficient (Wildman–Crippen LogP) is 1.91. The van der Waals surface area contributed by atoms with Crippen LogP contribution in [-0.2, 0) is 4.79 Å². The fourth-order valence-corrected chi connectivity index (χ4v) is 1.77. The third kappa shape index (κ3) is 2.94. The highest BCUT2D eigenvalue weighted by atomic mass is 16.3. The van der Waals surface area contributed by atoms with Gasteiger partial charge in [-0.25, -0.2) is 0 Å². The third-order valence-corrected chi connectivity index (χ3v) is 2.62. The number of hydrogen-bond donors (Lipinski definition) is 1. The van der Waals surface area contributed by atoms with Crippen molar-refractivity contribution in [2.24, 2.45) is 5.92 Å². The first kappa shape index (κ1) is 9.72. The summed E-state index contributed by atoms with van der Waals surface area (Å²) < 4.78 is 0. The molecule has 1 saturated carbocycles. The molecular formula is C10H18O2. The van der Waals surface area contributed by atoms with E-state index in [-0.39, 0.29) is 5.78 Å². The van der Waals surface area contributed by atoms with E-state index in [9.17, 15) is 9.90 Å². The van der Waals surface area contributed by atoms with Crippen LogP contribution in [0.4, 0.5) is 0 Å². The van der Waals surface area contributed by atoms with Gasteiger partial charge in [0.2, 0.25) is 0 Å². The molecule has 12 heavy (non-hydrogen) atoms. The van der Waals surface area contributed by atoms with E-state index in [1.807, 2.05) is 0 Å². The maximum Gasteiger partial charge on any atom is 0.161 e. The zero-order chi connectivity index (χ0) is 8.97. The molecule has 2 nitrogen and oxygen atoms in total. The van der Waals surface area contributed by atoms with Crippen molar-refractivity contribution in [3.8, 4) is 0 Å². The zero-order valence-electron chi connectivity index (χ0n) is 7.75. The molecule has 1 aliphatic rings. The summed E-state index contributed by atoms with van der Waals surface area (Å²) in [5, 5.41) is 9.43. The van der Waals surface area contributed by atoms with Crippen LogP contribution in [-0.4, -0.2) is 17.0 Å². The van der Waals surface area contributed by atoms with E-state index in [1.54, 1.807) is 0 Å². The maximum atomic E-state index is 11.2. The van der Waals surface area contributed by atoms with Gasteiger partial charge in [-0.1, -0.05) is 26.2 Å². The first-order chi connectivity index (χ1) is 5.70. The van der Waals surface area contributed by atoms with Crippen molar-refractivity contribution >= 4 is 5.78 Å². The van der Waals surface area contributed by atoms with Gasteiger partial charge in [0.05, 0.1) is 0 Å². The number of aliphatic hydroxyl groups is 1. The lowest BCUT2D eigenvalue weighted by atomic mass is 9.97. The van der Waals surface area contributed by atoms with Crippen molar-refractivity contribution in [1.29, 1.82) is 0 Å². The molecule has 0 bridgehead atoms. The zero-order valence-corrected chi connectivity index (χ0v) is 7.75. The van der Waals surface area contributed by atoms with Crippen LogP contribution >= 0.6 is 0 Å². The van der Waals surface area contributed by atoms with E-state index in [2.05, 4.69) is 6.92 Å². The molecule has 70 valence electrons. The number of carbonyl (C=O) groups excluding carboxylic acids is 1. The minimum atomic E-state index is -0.682. The third-order valence-electron chi connectivity index (χ3n) is 2.62. The van der Waals surface area contributed by atoms with Crippen molar-refractivity contribution in [1.82, 2.24) is 0 Å². The summed E-state index contributed by atoms with van der Waals surface area (Å²) in [6.07, 6.45) is 5.03. The average Bonchev–Trinajstić information content (AvgIpc) is 2.07. The molecule has 2 atom stereocenters. The van der Waals surface area contributed by atoms with E-state index < -0.39 is 6.10 Å². The molecule has 1 unspecified atom stereocenters. The highest BCUT2D eigenvalue weighted by molar-refractivity contribution is 5.82. The Kier molecular flexibility index (Phi) is 3.73. The first-order valence-corrected chi connectivity index (χ1v) is 4.91. The van der Waals surface area contributed by atoms with Crippen molar-refractivity contribution in [2.75, 3.05) is 0 Å². The van der Waals surface area contributed by atoms with Crippen LogP contribution in [0.25, 0.3) is 0 Å². The summed E-state index contributed by atoms with van der Waals surface area (Å²) in [6, 6.07) is 0. The number of rotatable bonds is 0. The molecule has 1 fully saturated rings. The second-order valence-electron chi connectivity index (χ2n) is 3.92. The van der Waals surface area contributed by atoms with E-state index >= 15 is 0 Å². The van der Waals surface area contributed by atoms with Crippen LogP contribution in [0.1, 0.15) is 45.4 Å². The van der Waals surface area contributed by atoms with Crippen molar-refractivity contribution in [3.05, 3.63) is 0 Å². The first-order valence-electron chi connectivity index (χ1n) is 4.91. The van der Waals surface area contributed by atoms with Crippen LogP contribution in [0.15, 0.2) is 0 Å². The largest absolute Gasteiger partial charge is 0.385 e. The molecular weight excluding hydrogens is 152 g/mol. The topological polar surface area (TPSA) is 37.3 Å². The Morgan fingerprint density at radius 1 is 1.33 bits per heavy atom. The van der Waals surface area contributed by atoms with Crippen LogP contribution in [0.5, 0.6) is 0 Å². The van der Waals surface area contributed by atoms with Crippen molar-refractivity contribution < 1.29 is 9.90 Å². The molecule has 0 saturated heterocycles. The van der Waals surface area contributed by atoms with E-state index in [4.69, 9.17) is 0 Å². The molecule has 0 aromatic heterocycles. The molecule has 0 amide bonds. The Hall–Kier alpha value is -0.370. The standard InChI is InChI=1S/C10H18O2/c1-8-5-3-2-4-6-9(11)10(12)7-8/h8,10,12H,2-7H2,1H3/t8-,10?/m1/s1. The van der Waals surface area contributed by atoms with Crippen LogP contribution in [0.2, 0.25) is 0 Å². The fourth-order valence-electron chi connectivity index (χ4n) is 1.77. The Morgan fingerprint density at radius 2 is 2.08 bits per heavy atom. The number of aliphatic hydroxyl groups excluding tert-OH is 1. The second-order valence-corrected chi connectivity index (χ2v) is 3.92. The van der Waals surface area contributed by atoms with Gasteiger partial charge in [0, 0.05) is 6.42 Å². The molecule has 2 heteroatoms. The summed E-state index contributed by atoms with van der Waals surface area (Å²) in [6.45, 7) is 2.11. The molecule has 0 aromatic carbocycles. The minimum Gasteiger partial charge on any atom is -0.385 e. The van der Waals surface area contributed by atoms with Gasteiger partial charge >= 0.3 is 0 Å². The van der Waals surface area contributed by atoms with E-state index in [1.165, 1.54) is 6.42 Å². The fraction of sp³-hybridized carbons (Fsp3) is 0.900. The van der Waals surface area contributed by atoms with Crippen LogP contribution < -0.4 is 0 Å².